The van der Waals surface area contributed by atoms with Gasteiger partial charge in [-0.2, -0.15) is 0 Å². The summed E-state index contributed by atoms with van der Waals surface area (Å²) in [7, 11) is 0. The average molecular weight is 399 g/mol. The van der Waals surface area contributed by atoms with E-state index in [1.54, 1.807) is 0 Å². The van der Waals surface area contributed by atoms with Crippen molar-refractivity contribution in [3.63, 3.8) is 0 Å². The third-order valence-electron chi connectivity index (χ3n) is 1.09. The van der Waals surface area contributed by atoms with Crippen LogP contribution in [0.25, 0.3) is 0 Å². The number of hydrogen-bond acceptors (Lipinski definition) is 1. The fourth-order valence-corrected chi connectivity index (χ4v) is 5.23. The zero-order valence-electron chi connectivity index (χ0n) is 4.84. The molecule has 1 rings (SSSR count). The molecular formula is C5H9BiSY. The number of hydrogen-bond donors (Lipinski definition) is 0. The molecule has 8 heavy (non-hydrogen) atoms. The second kappa shape index (κ2) is 5.95. The normalized spacial score (nSPS) is 18.5. The van der Waals surface area contributed by atoms with Crippen molar-refractivity contribution >= 4 is 38.7 Å². The van der Waals surface area contributed by atoms with Crippen LogP contribution in [-0.2, 0) is 32.7 Å². The predicted octanol–water partition coefficient (Wildman–Crippen LogP) is 0.901. The molecule has 0 nitrogen and oxygen atoms in total. The van der Waals surface area contributed by atoms with Crippen LogP contribution in [-0.4, -0.2) is 38.5 Å². The Bertz CT molecular complexity index is 72.8. The Morgan fingerprint density at radius 3 is 2.38 bits per heavy atom. The van der Waals surface area contributed by atoms with E-state index in [0.29, 0.717) is 0 Å². The predicted molar refractivity (Wildman–Crippen MR) is 38.5 cm³/mol. The summed E-state index contributed by atoms with van der Waals surface area (Å²) in [5.41, 5.74) is 0. The summed E-state index contributed by atoms with van der Waals surface area (Å²) >= 11 is 1.93. The van der Waals surface area contributed by atoms with Crippen LogP contribution in [0, 0.1) is 5.92 Å². The quantitative estimate of drug-likeness (QED) is 0.623. The fourth-order valence-electron chi connectivity index (χ4n) is 0.573. The molecule has 1 heterocycles. The maximum absolute atomic E-state index is 3.98. The van der Waals surface area contributed by atoms with Gasteiger partial charge in [0.1, 0.15) is 0 Å². The van der Waals surface area contributed by atoms with Gasteiger partial charge in [-0.05, 0) is 0 Å². The van der Waals surface area contributed by atoms with Gasteiger partial charge in [0.15, 0.2) is 0 Å². The van der Waals surface area contributed by atoms with Crippen LogP contribution in [0.4, 0.5) is 0 Å². The molecule has 1 radical (unpaired) electrons. The van der Waals surface area contributed by atoms with Crippen LogP contribution < -0.4 is 0 Å². The van der Waals surface area contributed by atoms with E-state index in [9.17, 15) is 0 Å². The van der Waals surface area contributed by atoms with Gasteiger partial charge in [-0.1, -0.05) is 0 Å². The van der Waals surface area contributed by atoms with Crippen molar-refractivity contribution in [1.82, 2.24) is 0 Å². The van der Waals surface area contributed by atoms with Crippen LogP contribution in [0.15, 0.2) is 0 Å². The summed E-state index contributed by atoms with van der Waals surface area (Å²) in [6.07, 6.45) is 0. The topological polar surface area (TPSA) is 0 Å². The third kappa shape index (κ3) is 3.39. The van der Waals surface area contributed by atoms with Crippen molar-refractivity contribution < 1.29 is 32.7 Å². The molecule has 0 N–H and O–H groups in total. The number of thioether (sulfide) groups is 1. The van der Waals surface area contributed by atoms with Crippen molar-refractivity contribution in [3.05, 3.63) is 0 Å². The van der Waals surface area contributed by atoms with Gasteiger partial charge in [0.05, 0.1) is 0 Å². The van der Waals surface area contributed by atoms with E-state index in [4.69, 9.17) is 0 Å². The maximum atomic E-state index is 3.98. The Balaban J connectivity index is 0.000000490. The summed E-state index contributed by atoms with van der Waals surface area (Å²) in [5.74, 6) is 4.00. The average Bonchev–Trinajstić information content (AvgIpc) is 1.55. The van der Waals surface area contributed by atoms with E-state index in [2.05, 4.69) is 16.0 Å². The Hall–Kier alpha value is 2.21. The van der Waals surface area contributed by atoms with Gasteiger partial charge >= 0.3 is 60.3 Å². The van der Waals surface area contributed by atoms with Crippen LogP contribution in [0.1, 0.15) is 0 Å². The van der Waals surface area contributed by atoms with Gasteiger partial charge in [-0.25, -0.2) is 0 Å². The van der Waals surface area contributed by atoms with Crippen molar-refractivity contribution in [2.45, 2.75) is 4.13 Å². The molecule has 0 atom stereocenters. The first-order chi connectivity index (χ1) is 3.43. The molecule has 1 aliphatic rings. The van der Waals surface area contributed by atoms with Crippen molar-refractivity contribution in [3.8, 4) is 0 Å². The van der Waals surface area contributed by atoms with E-state index < -0.39 is 0 Å². The summed E-state index contributed by atoms with van der Waals surface area (Å²) in [6, 6.07) is 0. The second-order valence-electron chi connectivity index (χ2n) is 1.81. The molecule has 0 spiro atoms. The maximum Gasteiger partial charge on any atom is 0 e. The Kier molecular flexibility index (Phi) is 7.59. The van der Waals surface area contributed by atoms with Gasteiger partial charge in [-0.15, -0.1) is 0 Å². The first-order valence-electron chi connectivity index (χ1n) is 2.43. The molecule has 1 fully saturated rings. The van der Waals surface area contributed by atoms with E-state index >= 15 is 0 Å². The first kappa shape index (κ1) is 10.2. The molecule has 0 aromatic carbocycles. The summed E-state index contributed by atoms with van der Waals surface area (Å²) in [4.78, 5) is 0. The first-order valence-corrected chi connectivity index (χ1v) is 8.51. The molecule has 0 saturated carbocycles. The fraction of sp³-hybridized carbons (Fsp3) is 0.800. The number of rotatable bonds is 2. The smallest absolute Gasteiger partial charge is 0 e. The van der Waals surface area contributed by atoms with Gasteiger partial charge in [-0.3, -0.25) is 0 Å². The molecule has 43 valence electrons. The molecular weight excluding hydrogens is 390 g/mol. The van der Waals surface area contributed by atoms with Crippen molar-refractivity contribution in [2.75, 3.05) is 11.5 Å². The van der Waals surface area contributed by atoms with Gasteiger partial charge in [0.25, 0.3) is 0 Å². The Morgan fingerprint density at radius 2 is 2.25 bits per heavy atom. The molecule has 1 aliphatic heterocycles. The monoisotopic (exact) mass is 399 g/mol. The van der Waals surface area contributed by atoms with Gasteiger partial charge in [0, 0.05) is 32.7 Å². The van der Waals surface area contributed by atoms with E-state index in [0.717, 1.165) is 5.92 Å². The van der Waals surface area contributed by atoms with Crippen LogP contribution in [0.2, 0.25) is 4.13 Å². The minimum atomic E-state index is -0.153. The van der Waals surface area contributed by atoms with E-state index in [-0.39, 0.29) is 55.5 Å². The summed E-state index contributed by atoms with van der Waals surface area (Å²) in [5, 5.41) is 0. The molecule has 3 heteroatoms. The molecule has 0 bridgehead atoms. The minimum Gasteiger partial charge on any atom is 0 e. The molecule has 0 unspecified atom stereocenters. The molecule has 0 amide bonds. The van der Waals surface area contributed by atoms with Crippen LogP contribution >= 0.6 is 11.8 Å². The van der Waals surface area contributed by atoms with Crippen LogP contribution in [0.3, 0.4) is 0 Å². The third-order valence-corrected chi connectivity index (χ3v) is 5.52. The molecule has 0 aromatic rings. The van der Waals surface area contributed by atoms with Gasteiger partial charge < -0.3 is 0 Å². The second-order valence-corrected chi connectivity index (χ2v) is 6.04. The Labute approximate surface area is 91.5 Å². The van der Waals surface area contributed by atoms with Crippen molar-refractivity contribution in [2.24, 2.45) is 5.92 Å². The Morgan fingerprint density at radius 1 is 1.62 bits per heavy atom. The SMILES string of the molecule is [CH2]=[Bi][CH2]C1CSC1.[Y]. The zero-order chi connectivity index (χ0) is 5.11. The van der Waals surface area contributed by atoms with Crippen LogP contribution in [0.5, 0.6) is 0 Å². The minimum absolute atomic E-state index is 0. The molecule has 0 aromatic heterocycles. The summed E-state index contributed by atoms with van der Waals surface area (Å²) < 4.78 is 5.51. The van der Waals surface area contributed by atoms with E-state index in [1.165, 1.54) is 15.6 Å². The van der Waals surface area contributed by atoms with Crippen molar-refractivity contribution in [1.29, 1.82) is 0 Å². The molecule has 1 saturated heterocycles. The molecule has 0 aliphatic carbocycles. The zero-order valence-corrected chi connectivity index (χ0v) is 12.0. The van der Waals surface area contributed by atoms with Gasteiger partial charge in [0.2, 0.25) is 0 Å². The standard InChI is InChI=1S/C4H7S.CH2.Bi.Y/c1-4-2-5-3-4;;;/h4H,1-3H2;1H2;;. The largest absolute Gasteiger partial charge is 0 e. The summed E-state index contributed by atoms with van der Waals surface area (Å²) in [6.45, 7) is 0. The van der Waals surface area contributed by atoms with E-state index in [1.807, 2.05) is 0 Å².